The van der Waals surface area contributed by atoms with E-state index in [9.17, 15) is 0 Å². The molecule has 0 aromatic rings. The molecule has 0 nitrogen and oxygen atoms in total. The van der Waals surface area contributed by atoms with Gasteiger partial charge in [0.2, 0.25) is 0 Å². The van der Waals surface area contributed by atoms with Gasteiger partial charge in [0, 0.05) is 0 Å². The second kappa shape index (κ2) is 3.93. The van der Waals surface area contributed by atoms with E-state index in [0.29, 0.717) is 5.92 Å². The first-order valence-corrected chi connectivity index (χ1v) is 4.94. The molecule has 1 fully saturated rings. The van der Waals surface area contributed by atoms with E-state index in [0.717, 1.165) is 17.8 Å². The molecule has 0 aromatic carbocycles. The van der Waals surface area contributed by atoms with Crippen LogP contribution in [0.15, 0.2) is 25.3 Å². The molecule has 0 N–H and O–H groups in total. The van der Waals surface area contributed by atoms with Gasteiger partial charge in [-0.05, 0) is 36.5 Å². The average Bonchev–Trinajstić information content (AvgIpc) is 2.09. The molecule has 12 heavy (non-hydrogen) atoms. The number of hydrogen-bond donors (Lipinski definition) is 0. The van der Waals surface area contributed by atoms with E-state index in [-0.39, 0.29) is 0 Å². The summed E-state index contributed by atoms with van der Waals surface area (Å²) in [5.41, 5.74) is 0. The fourth-order valence-corrected chi connectivity index (χ4v) is 2.28. The van der Waals surface area contributed by atoms with Crippen molar-refractivity contribution in [1.29, 1.82) is 0 Å². The minimum atomic E-state index is 0.705. The van der Waals surface area contributed by atoms with Crippen LogP contribution < -0.4 is 0 Å². The standard InChI is InChI=1S/C12H20/c1-5-11-7-9(3)10(4)12(6-2)8-11/h5-6,9-12H,1-2,7-8H2,3-4H3. The van der Waals surface area contributed by atoms with Gasteiger partial charge in [0.1, 0.15) is 0 Å². The summed E-state index contributed by atoms with van der Waals surface area (Å²) in [6, 6.07) is 0. The van der Waals surface area contributed by atoms with Crippen molar-refractivity contribution in [2.75, 3.05) is 0 Å². The SMILES string of the molecule is C=CC1CC(C)C(C)C(C=C)C1. The summed E-state index contributed by atoms with van der Waals surface area (Å²) in [4.78, 5) is 0. The number of allylic oxidation sites excluding steroid dienone is 2. The van der Waals surface area contributed by atoms with E-state index in [1.807, 2.05) is 0 Å². The van der Waals surface area contributed by atoms with E-state index in [1.165, 1.54) is 12.8 Å². The smallest absolute Gasteiger partial charge is 0.0202 e. The molecular formula is C12H20. The molecule has 1 rings (SSSR count). The molecule has 0 spiro atoms. The quantitative estimate of drug-likeness (QED) is 0.546. The van der Waals surface area contributed by atoms with Crippen molar-refractivity contribution in [3.05, 3.63) is 25.3 Å². The maximum atomic E-state index is 3.90. The van der Waals surface area contributed by atoms with Gasteiger partial charge in [-0.15, -0.1) is 13.2 Å². The lowest BCUT2D eigenvalue weighted by Gasteiger charge is -2.36. The molecular weight excluding hydrogens is 144 g/mol. The van der Waals surface area contributed by atoms with Gasteiger partial charge >= 0.3 is 0 Å². The monoisotopic (exact) mass is 164 g/mol. The Morgan fingerprint density at radius 1 is 1.08 bits per heavy atom. The Kier molecular flexibility index (Phi) is 3.13. The first kappa shape index (κ1) is 9.57. The van der Waals surface area contributed by atoms with Gasteiger partial charge in [0.25, 0.3) is 0 Å². The Morgan fingerprint density at radius 2 is 1.75 bits per heavy atom. The lowest BCUT2D eigenvalue weighted by molar-refractivity contribution is 0.184. The van der Waals surface area contributed by atoms with Gasteiger partial charge in [-0.3, -0.25) is 0 Å². The van der Waals surface area contributed by atoms with Gasteiger partial charge in [0.05, 0.1) is 0 Å². The minimum absolute atomic E-state index is 0.705. The van der Waals surface area contributed by atoms with E-state index in [4.69, 9.17) is 0 Å². The maximum absolute atomic E-state index is 3.90. The summed E-state index contributed by atoms with van der Waals surface area (Å²) in [6.07, 6.45) is 6.81. The Bertz CT molecular complexity index is 169. The third-order valence-corrected chi connectivity index (χ3v) is 3.46. The van der Waals surface area contributed by atoms with E-state index < -0.39 is 0 Å². The van der Waals surface area contributed by atoms with Crippen LogP contribution in [0.5, 0.6) is 0 Å². The van der Waals surface area contributed by atoms with Crippen LogP contribution in [0, 0.1) is 23.7 Å². The largest absolute Gasteiger partial charge is 0.103 e. The molecule has 4 unspecified atom stereocenters. The molecule has 0 heteroatoms. The summed E-state index contributed by atoms with van der Waals surface area (Å²) < 4.78 is 0. The van der Waals surface area contributed by atoms with Crippen molar-refractivity contribution >= 4 is 0 Å². The second-order valence-corrected chi connectivity index (χ2v) is 4.20. The highest BCUT2D eigenvalue weighted by atomic mass is 14.3. The summed E-state index contributed by atoms with van der Waals surface area (Å²) in [5, 5.41) is 0. The van der Waals surface area contributed by atoms with Crippen molar-refractivity contribution in [3.63, 3.8) is 0 Å². The highest BCUT2D eigenvalue weighted by molar-refractivity contribution is 4.95. The van der Waals surface area contributed by atoms with E-state index >= 15 is 0 Å². The van der Waals surface area contributed by atoms with Gasteiger partial charge in [-0.25, -0.2) is 0 Å². The van der Waals surface area contributed by atoms with Crippen LogP contribution in [0.25, 0.3) is 0 Å². The highest BCUT2D eigenvalue weighted by Gasteiger charge is 2.29. The molecule has 4 atom stereocenters. The van der Waals surface area contributed by atoms with Crippen LogP contribution >= 0.6 is 0 Å². The maximum Gasteiger partial charge on any atom is -0.0202 e. The third kappa shape index (κ3) is 1.80. The van der Waals surface area contributed by atoms with Crippen molar-refractivity contribution in [2.24, 2.45) is 23.7 Å². The molecule has 0 aromatic heterocycles. The zero-order valence-electron chi connectivity index (χ0n) is 8.29. The van der Waals surface area contributed by atoms with E-state index in [2.05, 4.69) is 39.2 Å². The highest BCUT2D eigenvalue weighted by Crippen LogP contribution is 2.38. The van der Waals surface area contributed by atoms with Crippen molar-refractivity contribution in [2.45, 2.75) is 26.7 Å². The third-order valence-electron chi connectivity index (χ3n) is 3.46. The summed E-state index contributed by atoms with van der Waals surface area (Å²) in [6.45, 7) is 12.5. The Morgan fingerprint density at radius 3 is 2.25 bits per heavy atom. The van der Waals surface area contributed by atoms with Crippen molar-refractivity contribution in [3.8, 4) is 0 Å². The minimum Gasteiger partial charge on any atom is -0.103 e. The fraction of sp³-hybridized carbons (Fsp3) is 0.667. The van der Waals surface area contributed by atoms with Crippen LogP contribution in [-0.2, 0) is 0 Å². The molecule has 1 aliphatic carbocycles. The molecule has 68 valence electrons. The lowest BCUT2D eigenvalue weighted by atomic mass is 9.69. The van der Waals surface area contributed by atoms with Crippen molar-refractivity contribution < 1.29 is 0 Å². The zero-order valence-corrected chi connectivity index (χ0v) is 8.29. The van der Waals surface area contributed by atoms with Crippen LogP contribution in [0.4, 0.5) is 0 Å². The average molecular weight is 164 g/mol. The first-order chi connectivity index (χ1) is 5.69. The Labute approximate surface area is 76.4 Å². The Hall–Kier alpha value is -0.520. The first-order valence-electron chi connectivity index (χ1n) is 4.94. The number of hydrogen-bond acceptors (Lipinski definition) is 0. The fourth-order valence-electron chi connectivity index (χ4n) is 2.28. The van der Waals surface area contributed by atoms with Crippen LogP contribution in [-0.4, -0.2) is 0 Å². The van der Waals surface area contributed by atoms with Crippen LogP contribution in [0.3, 0.4) is 0 Å². The summed E-state index contributed by atoms with van der Waals surface area (Å²) >= 11 is 0. The van der Waals surface area contributed by atoms with Gasteiger partial charge in [-0.1, -0.05) is 26.0 Å². The van der Waals surface area contributed by atoms with Crippen molar-refractivity contribution in [1.82, 2.24) is 0 Å². The lowest BCUT2D eigenvalue weighted by Crippen LogP contribution is -2.27. The van der Waals surface area contributed by atoms with Gasteiger partial charge in [-0.2, -0.15) is 0 Å². The number of rotatable bonds is 2. The molecule has 0 radical (unpaired) electrons. The van der Waals surface area contributed by atoms with Crippen LogP contribution in [0.2, 0.25) is 0 Å². The summed E-state index contributed by atoms with van der Waals surface area (Å²) in [7, 11) is 0. The predicted octanol–water partition coefficient (Wildman–Crippen LogP) is 3.66. The van der Waals surface area contributed by atoms with Gasteiger partial charge in [0.15, 0.2) is 0 Å². The predicted molar refractivity (Wildman–Crippen MR) is 54.9 cm³/mol. The molecule has 0 heterocycles. The normalized spacial score (nSPS) is 42.2. The molecule has 1 saturated carbocycles. The molecule has 1 aliphatic rings. The second-order valence-electron chi connectivity index (χ2n) is 4.20. The zero-order chi connectivity index (χ0) is 9.14. The molecule has 0 amide bonds. The topological polar surface area (TPSA) is 0 Å². The van der Waals surface area contributed by atoms with Gasteiger partial charge < -0.3 is 0 Å². The molecule has 0 saturated heterocycles. The molecule has 0 bridgehead atoms. The molecule has 0 aliphatic heterocycles. The Balaban J connectivity index is 2.63. The summed E-state index contributed by atoms with van der Waals surface area (Å²) in [5.74, 6) is 3.06. The van der Waals surface area contributed by atoms with E-state index in [1.54, 1.807) is 0 Å². The van der Waals surface area contributed by atoms with Crippen LogP contribution in [0.1, 0.15) is 26.7 Å².